The molecular weight excluding hydrogens is 297 g/mol. The van der Waals surface area contributed by atoms with E-state index in [0.29, 0.717) is 38.3 Å². The Morgan fingerprint density at radius 3 is 2.91 bits per heavy atom. The van der Waals surface area contributed by atoms with Gasteiger partial charge in [0.1, 0.15) is 0 Å². The van der Waals surface area contributed by atoms with Gasteiger partial charge in [0, 0.05) is 33.1 Å². The Morgan fingerprint density at radius 1 is 1.45 bits per heavy atom. The van der Waals surface area contributed by atoms with Crippen molar-refractivity contribution in [1.29, 1.82) is 0 Å². The fraction of sp³-hybridized carbons (Fsp3) is 0.533. The lowest BCUT2D eigenvalue weighted by molar-refractivity contribution is -0.137. The van der Waals surface area contributed by atoms with E-state index in [4.69, 9.17) is 4.74 Å². The minimum atomic E-state index is -4.32. The highest BCUT2D eigenvalue weighted by atomic mass is 19.4. The number of carbonyl (C=O) groups excluding carboxylic acids is 1. The molecule has 1 saturated heterocycles. The summed E-state index contributed by atoms with van der Waals surface area (Å²) in [7, 11) is 0. The Balaban J connectivity index is 1.94. The molecule has 2 rings (SSSR count). The van der Waals surface area contributed by atoms with Gasteiger partial charge in [0.15, 0.2) is 0 Å². The Labute approximate surface area is 127 Å². The van der Waals surface area contributed by atoms with Gasteiger partial charge in [-0.3, -0.25) is 9.69 Å². The molecule has 122 valence electrons. The van der Waals surface area contributed by atoms with Gasteiger partial charge < -0.3 is 10.1 Å². The molecule has 0 bridgehead atoms. The van der Waals surface area contributed by atoms with Gasteiger partial charge in [0.05, 0.1) is 18.3 Å². The van der Waals surface area contributed by atoms with Crippen LogP contribution >= 0.6 is 0 Å². The van der Waals surface area contributed by atoms with Crippen LogP contribution in [0.15, 0.2) is 24.3 Å². The molecule has 0 saturated carbocycles. The number of amides is 1. The van der Waals surface area contributed by atoms with Crippen LogP contribution in [-0.2, 0) is 22.3 Å². The number of ether oxygens (including phenoxy) is 1. The maximum atomic E-state index is 12.7. The van der Waals surface area contributed by atoms with E-state index in [0.717, 1.165) is 6.07 Å². The highest BCUT2D eigenvalue weighted by Crippen LogP contribution is 2.29. The van der Waals surface area contributed by atoms with Crippen molar-refractivity contribution in [2.75, 3.05) is 26.2 Å². The number of carbonyl (C=O) groups is 1. The molecule has 1 fully saturated rings. The molecule has 22 heavy (non-hydrogen) atoms. The maximum absolute atomic E-state index is 12.7. The second kappa shape index (κ2) is 7.11. The topological polar surface area (TPSA) is 41.6 Å². The zero-order valence-electron chi connectivity index (χ0n) is 12.3. The third-order valence-corrected chi connectivity index (χ3v) is 3.46. The molecule has 1 aliphatic heterocycles. The Kier molecular flexibility index (Phi) is 5.42. The minimum Gasteiger partial charge on any atom is -0.374 e. The van der Waals surface area contributed by atoms with Crippen molar-refractivity contribution in [1.82, 2.24) is 10.2 Å². The third-order valence-electron chi connectivity index (χ3n) is 3.46. The first kappa shape index (κ1) is 16.8. The summed E-state index contributed by atoms with van der Waals surface area (Å²) in [6.07, 6.45) is -4.46. The standard InChI is InChI=1S/C15H19F3N2O2/c1-11(21)19-8-14-10-20(5-6-22-14)9-12-3-2-4-13(7-12)15(16,17)18/h2-4,7,14H,5-6,8-10H2,1H3,(H,19,21). The van der Waals surface area contributed by atoms with E-state index in [2.05, 4.69) is 5.32 Å². The Bertz CT molecular complexity index is 520. The molecule has 0 radical (unpaired) electrons. The van der Waals surface area contributed by atoms with Gasteiger partial charge in [-0.15, -0.1) is 0 Å². The number of hydrogen-bond donors (Lipinski definition) is 1. The largest absolute Gasteiger partial charge is 0.416 e. The van der Waals surface area contributed by atoms with Gasteiger partial charge in [-0.1, -0.05) is 18.2 Å². The summed E-state index contributed by atoms with van der Waals surface area (Å²) < 4.78 is 43.7. The van der Waals surface area contributed by atoms with E-state index in [9.17, 15) is 18.0 Å². The normalized spacial score (nSPS) is 19.9. The van der Waals surface area contributed by atoms with Gasteiger partial charge in [0.25, 0.3) is 0 Å². The molecule has 1 heterocycles. The molecule has 1 aromatic rings. The van der Waals surface area contributed by atoms with E-state index in [1.54, 1.807) is 6.07 Å². The second-order valence-electron chi connectivity index (χ2n) is 5.36. The number of benzene rings is 1. The highest BCUT2D eigenvalue weighted by molar-refractivity contribution is 5.72. The summed E-state index contributed by atoms with van der Waals surface area (Å²) in [5.41, 5.74) is -0.0111. The zero-order valence-corrected chi connectivity index (χ0v) is 12.3. The molecule has 0 aliphatic carbocycles. The lowest BCUT2D eigenvalue weighted by Crippen LogP contribution is -2.46. The van der Waals surface area contributed by atoms with E-state index in [1.165, 1.54) is 19.1 Å². The number of nitrogens with zero attached hydrogens (tertiary/aromatic N) is 1. The van der Waals surface area contributed by atoms with Crippen LogP contribution in [0.25, 0.3) is 0 Å². The van der Waals surface area contributed by atoms with Crippen molar-refractivity contribution in [2.45, 2.75) is 25.7 Å². The van der Waals surface area contributed by atoms with Gasteiger partial charge >= 0.3 is 6.18 Å². The molecular formula is C15H19F3N2O2. The molecule has 1 aliphatic rings. The SMILES string of the molecule is CC(=O)NCC1CN(Cc2cccc(C(F)(F)F)c2)CCO1. The van der Waals surface area contributed by atoms with Crippen molar-refractivity contribution < 1.29 is 22.7 Å². The number of halogens is 3. The van der Waals surface area contributed by atoms with Crippen molar-refractivity contribution in [3.05, 3.63) is 35.4 Å². The van der Waals surface area contributed by atoms with E-state index >= 15 is 0 Å². The summed E-state index contributed by atoms with van der Waals surface area (Å²) in [6.45, 7) is 4.02. The van der Waals surface area contributed by atoms with Crippen LogP contribution in [0.1, 0.15) is 18.1 Å². The summed E-state index contributed by atoms with van der Waals surface area (Å²) in [4.78, 5) is 12.9. The van der Waals surface area contributed by atoms with Crippen LogP contribution in [0.5, 0.6) is 0 Å². The minimum absolute atomic E-state index is 0.126. The number of morpholine rings is 1. The van der Waals surface area contributed by atoms with Gasteiger partial charge in [-0.2, -0.15) is 13.2 Å². The lowest BCUT2D eigenvalue weighted by atomic mass is 10.1. The Hall–Kier alpha value is -1.60. The summed E-state index contributed by atoms with van der Waals surface area (Å²) >= 11 is 0. The van der Waals surface area contributed by atoms with E-state index < -0.39 is 11.7 Å². The molecule has 4 nitrogen and oxygen atoms in total. The fourth-order valence-electron chi connectivity index (χ4n) is 2.41. The van der Waals surface area contributed by atoms with Crippen LogP contribution in [-0.4, -0.2) is 43.2 Å². The van der Waals surface area contributed by atoms with Crippen molar-refractivity contribution in [3.63, 3.8) is 0 Å². The highest BCUT2D eigenvalue weighted by Gasteiger charge is 2.30. The molecule has 0 spiro atoms. The van der Waals surface area contributed by atoms with E-state index in [-0.39, 0.29) is 12.0 Å². The van der Waals surface area contributed by atoms with Crippen molar-refractivity contribution >= 4 is 5.91 Å². The van der Waals surface area contributed by atoms with Crippen molar-refractivity contribution in [3.8, 4) is 0 Å². The quantitative estimate of drug-likeness (QED) is 0.924. The molecule has 1 unspecified atom stereocenters. The molecule has 1 aromatic carbocycles. The van der Waals surface area contributed by atoms with Crippen LogP contribution < -0.4 is 5.32 Å². The van der Waals surface area contributed by atoms with Gasteiger partial charge in [0.2, 0.25) is 5.91 Å². The number of hydrogen-bond acceptors (Lipinski definition) is 3. The monoisotopic (exact) mass is 316 g/mol. The average Bonchev–Trinajstić information content (AvgIpc) is 2.45. The van der Waals surface area contributed by atoms with Crippen LogP contribution in [0, 0.1) is 0 Å². The van der Waals surface area contributed by atoms with Crippen LogP contribution in [0.4, 0.5) is 13.2 Å². The molecule has 7 heteroatoms. The predicted molar refractivity (Wildman–Crippen MR) is 75.1 cm³/mol. The number of nitrogens with one attached hydrogen (secondary N) is 1. The average molecular weight is 316 g/mol. The van der Waals surface area contributed by atoms with Gasteiger partial charge in [-0.25, -0.2) is 0 Å². The predicted octanol–water partition coefficient (Wildman–Crippen LogP) is 2.04. The number of rotatable bonds is 4. The molecule has 1 atom stereocenters. The first-order valence-electron chi connectivity index (χ1n) is 7.09. The lowest BCUT2D eigenvalue weighted by Gasteiger charge is -2.33. The summed E-state index contributed by atoms with van der Waals surface area (Å²) in [6, 6.07) is 5.36. The zero-order chi connectivity index (χ0) is 16.2. The summed E-state index contributed by atoms with van der Waals surface area (Å²) in [5, 5.41) is 2.69. The first-order valence-corrected chi connectivity index (χ1v) is 7.09. The smallest absolute Gasteiger partial charge is 0.374 e. The Morgan fingerprint density at radius 2 is 2.23 bits per heavy atom. The molecule has 1 amide bonds. The molecule has 1 N–H and O–H groups in total. The van der Waals surface area contributed by atoms with Crippen LogP contribution in [0.2, 0.25) is 0 Å². The fourth-order valence-corrected chi connectivity index (χ4v) is 2.41. The first-order chi connectivity index (χ1) is 10.3. The van der Waals surface area contributed by atoms with Gasteiger partial charge in [-0.05, 0) is 11.6 Å². The number of alkyl halides is 3. The summed E-state index contributed by atoms with van der Waals surface area (Å²) in [5.74, 6) is -0.126. The van der Waals surface area contributed by atoms with Crippen LogP contribution in [0.3, 0.4) is 0 Å². The van der Waals surface area contributed by atoms with E-state index in [1.807, 2.05) is 4.90 Å². The molecule has 0 aromatic heterocycles. The van der Waals surface area contributed by atoms with Crippen molar-refractivity contribution in [2.24, 2.45) is 0 Å². The second-order valence-corrected chi connectivity index (χ2v) is 5.36. The third kappa shape index (κ3) is 4.99. The maximum Gasteiger partial charge on any atom is 0.416 e.